The van der Waals surface area contributed by atoms with Gasteiger partial charge >= 0.3 is 5.97 Å². The van der Waals surface area contributed by atoms with E-state index in [2.05, 4.69) is 0 Å². The standard InChI is InChI=1S/C28H34N2O6/c1-7-35-23-13-10-20(16-22(23)17(2)3)26(32)24-25(19-8-11-21(12-9-19)36-18(4)31)30(15-14-29(5)6)28(34)27(24)33/h8-13,16-17,25,32H,7,14-15H2,1-6H3/b26-24-. The fourth-order valence-electron chi connectivity index (χ4n) is 4.24. The van der Waals surface area contributed by atoms with Gasteiger partial charge in [0.15, 0.2) is 0 Å². The van der Waals surface area contributed by atoms with Gasteiger partial charge in [-0.3, -0.25) is 14.4 Å². The lowest BCUT2D eigenvalue weighted by atomic mass is 9.93. The van der Waals surface area contributed by atoms with Crippen molar-refractivity contribution in [1.82, 2.24) is 9.80 Å². The number of aliphatic hydroxyl groups is 1. The number of carbonyl (C=O) groups is 3. The van der Waals surface area contributed by atoms with E-state index in [9.17, 15) is 19.5 Å². The van der Waals surface area contributed by atoms with Crippen molar-refractivity contribution < 1.29 is 29.0 Å². The maximum absolute atomic E-state index is 13.2. The maximum Gasteiger partial charge on any atom is 0.308 e. The van der Waals surface area contributed by atoms with Crippen molar-refractivity contribution in [2.75, 3.05) is 33.8 Å². The highest BCUT2D eigenvalue weighted by molar-refractivity contribution is 6.46. The molecule has 2 aromatic rings. The minimum Gasteiger partial charge on any atom is -0.507 e. The van der Waals surface area contributed by atoms with Crippen LogP contribution < -0.4 is 9.47 Å². The number of ketones is 1. The van der Waals surface area contributed by atoms with Crippen LogP contribution in [0.5, 0.6) is 11.5 Å². The number of rotatable bonds is 9. The third-order valence-corrected chi connectivity index (χ3v) is 5.99. The monoisotopic (exact) mass is 494 g/mol. The van der Waals surface area contributed by atoms with Crippen molar-refractivity contribution >= 4 is 23.4 Å². The molecule has 1 fully saturated rings. The largest absolute Gasteiger partial charge is 0.507 e. The second kappa shape index (κ2) is 11.4. The summed E-state index contributed by atoms with van der Waals surface area (Å²) in [7, 11) is 3.76. The van der Waals surface area contributed by atoms with Gasteiger partial charge in [-0.15, -0.1) is 0 Å². The summed E-state index contributed by atoms with van der Waals surface area (Å²) < 4.78 is 10.9. The summed E-state index contributed by atoms with van der Waals surface area (Å²) in [5.74, 6) is -0.900. The third kappa shape index (κ3) is 5.76. The molecule has 0 aromatic heterocycles. The van der Waals surface area contributed by atoms with Crippen LogP contribution in [0.3, 0.4) is 0 Å². The highest BCUT2D eigenvalue weighted by Crippen LogP contribution is 2.40. The fourth-order valence-corrected chi connectivity index (χ4v) is 4.24. The van der Waals surface area contributed by atoms with Crippen molar-refractivity contribution in [3.63, 3.8) is 0 Å². The maximum atomic E-state index is 13.2. The first-order valence-corrected chi connectivity index (χ1v) is 12.0. The van der Waals surface area contributed by atoms with Gasteiger partial charge in [-0.25, -0.2) is 0 Å². The van der Waals surface area contributed by atoms with Crippen LogP contribution in [0, 0.1) is 0 Å². The van der Waals surface area contributed by atoms with Crippen molar-refractivity contribution in [3.05, 3.63) is 64.7 Å². The Morgan fingerprint density at radius 1 is 1.11 bits per heavy atom. The number of likely N-dealkylation sites (tertiary alicyclic amines) is 1. The van der Waals surface area contributed by atoms with E-state index < -0.39 is 23.7 Å². The summed E-state index contributed by atoms with van der Waals surface area (Å²) >= 11 is 0. The Balaban J connectivity index is 2.14. The zero-order chi connectivity index (χ0) is 26.6. The topological polar surface area (TPSA) is 96.4 Å². The number of ether oxygens (including phenoxy) is 2. The lowest BCUT2D eigenvalue weighted by Crippen LogP contribution is -2.35. The first-order chi connectivity index (χ1) is 17.0. The number of likely N-dealkylation sites (N-methyl/N-ethyl adjacent to an activating group) is 1. The number of benzene rings is 2. The van der Waals surface area contributed by atoms with Crippen LogP contribution in [0.1, 0.15) is 56.3 Å². The van der Waals surface area contributed by atoms with Crippen LogP contribution in [0.15, 0.2) is 48.0 Å². The Labute approximate surface area is 212 Å². The summed E-state index contributed by atoms with van der Waals surface area (Å²) in [5.41, 5.74) is 1.98. The molecule has 8 heteroatoms. The average molecular weight is 495 g/mol. The number of Topliss-reactive ketones (excluding diaryl/α,β-unsaturated/α-hetero) is 1. The van der Waals surface area contributed by atoms with Crippen LogP contribution in [-0.4, -0.2) is 66.4 Å². The molecule has 0 aliphatic carbocycles. The second-order valence-electron chi connectivity index (χ2n) is 9.30. The molecule has 0 spiro atoms. The Morgan fingerprint density at radius 2 is 1.78 bits per heavy atom. The van der Waals surface area contributed by atoms with Gasteiger partial charge in [-0.2, -0.15) is 0 Å². The molecular weight excluding hydrogens is 460 g/mol. The van der Waals surface area contributed by atoms with Gasteiger partial charge in [0.2, 0.25) is 0 Å². The Bertz CT molecular complexity index is 1170. The van der Waals surface area contributed by atoms with Gasteiger partial charge in [-0.05, 0) is 68.4 Å². The molecule has 0 radical (unpaired) electrons. The van der Waals surface area contributed by atoms with E-state index in [-0.39, 0.29) is 17.3 Å². The van der Waals surface area contributed by atoms with Crippen molar-refractivity contribution in [2.45, 2.75) is 39.7 Å². The molecule has 1 N–H and O–H groups in total. The predicted octanol–water partition coefficient (Wildman–Crippen LogP) is 4.12. The van der Waals surface area contributed by atoms with Gasteiger partial charge in [0.1, 0.15) is 17.3 Å². The number of hydrogen-bond donors (Lipinski definition) is 1. The van der Waals surface area contributed by atoms with Crippen LogP contribution in [0.25, 0.3) is 5.76 Å². The number of esters is 1. The normalized spacial score (nSPS) is 17.2. The van der Waals surface area contributed by atoms with Crippen molar-refractivity contribution in [1.29, 1.82) is 0 Å². The highest BCUT2D eigenvalue weighted by Gasteiger charge is 2.46. The molecule has 1 unspecified atom stereocenters. The van der Waals surface area contributed by atoms with Crippen molar-refractivity contribution in [2.24, 2.45) is 0 Å². The van der Waals surface area contributed by atoms with E-state index in [0.717, 1.165) is 5.56 Å². The molecule has 1 aliphatic rings. The smallest absolute Gasteiger partial charge is 0.308 e. The van der Waals surface area contributed by atoms with E-state index in [1.54, 1.807) is 42.5 Å². The number of aliphatic hydroxyl groups excluding tert-OH is 1. The molecule has 1 heterocycles. The lowest BCUT2D eigenvalue weighted by Gasteiger charge is -2.26. The summed E-state index contributed by atoms with van der Waals surface area (Å²) in [4.78, 5) is 41.0. The zero-order valence-corrected chi connectivity index (χ0v) is 21.7. The van der Waals surface area contributed by atoms with Crippen LogP contribution in [-0.2, 0) is 14.4 Å². The molecule has 8 nitrogen and oxygen atoms in total. The molecule has 1 saturated heterocycles. The van der Waals surface area contributed by atoms with Gasteiger partial charge in [0.05, 0.1) is 18.2 Å². The quantitative estimate of drug-likeness (QED) is 0.184. The molecular formula is C28H34N2O6. The van der Waals surface area contributed by atoms with E-state index in [1.165, 1.54) is 11.8 Å². The van der Waals surface area contributed by atoms with Gasteiger partial charge in [0, 0.05) is 25.6 Å². The summed E-state index contributed by atoms with van der Waals surface area (Å²) in [6, 6.07) is 11.1. The van der Waals surface area contributed by atoms with E-state index in [0.29, 0.717) is 42.3 Å². The molecule has 1 atom stereocenters. The van der Waals surface area contributed by atoms with E-state index in [1.807, 2.05) is 39.8 Å². The number of nitrogens with zero attached hydrogens (tertiary/aromatic N) is 2. The number of carbonyl (C=O) groups excluding carboxylic acids is 3. The Kier molecular flexibility index (Phi) is 8.53. The molecule has 2 aromatic carbocycles. The van der Waals surface area contributed by atoms with Crippen molar-refractivity contribution in [3.8, 4) is 11.5 Å². The second-order valence-corrected chi connectivity index (χ2v) is 9.30. The Morgan fingerprint density at radius 3 is 2.33 bits per heavy atom. The van der Waals surface area contributed by atoms with E-state index in [4.69, 9.17) is 9.47 Å². The van der Waals surface area contributed by atoms with Crippen LogP contribution >= 0.6 is 0 Å². The highest BCUT2D eigenvalue weighted by atomic mass is 16.5. The molecule has 0 bridgehead atoms. The lowest BCUT2D eigenvalue weighted by molar-refractivity contribution is -0.140. The third-order valence-electron chi connectivity index (χ3n) is 5.99. The summed E-state index contributed by atoms with van der Waals surface area (Å²) in [6.07, 6.45) is 0. The molecule has 192 valence electrons. The minimum absolute atomic E-state index is 0.0258. The molecule has 1 aliphatic heterocycles. The number of hydrogen-bond acceptors (Lipinski definition) is 7. The fraction of sp³-hybridized carbons (Fsp3) is 0.393. The summed E-state index contributed by atoms with van der Waals surface area (Å²) in [6.45, 7) is 8.59. The minimum atomic E-state index is -0.787. The van der Waals surface area contributed by atoms with Crippen LogP contribution in [0.2, 0.25) is 0 Å². The summed E-state index contributed by atoms with van der Waals surface area (Å²) in [5, 5.41) is 11.4. The molecule has 1 amide bonds. The SMILES string of the molecule is CCOc1ccc(/C(O)=C2/C(=O)C(=O)N(CCN(C)C)C2c2ccc(OC(C)=O)cc2)cc1C(C)C. The molecule has 3 rings (SSSR count). The molecule has 36 heavy (non-hydrogen) atoms. The van der Waals surface area contributed by atoms with Gasteiger partial charge in [-0.1, -0.05) is 26.0 Å². The zero-order valence-electron chi connectivity index (χ0n) is 21.7. The first kappa shape index (κ1) is 26.9. The van der Waals surface area contributed by atoms with Crippen LogP contribution in [0.4, 0.5) is 0 Å². The predicted molar refractivity (Wildman–Crippen MR) is 137 cm³/mol. The van der Waals surface area contributed by atoms with Gasteiger partial charge < -0.3 is 24.4 Å². The Hall–Kier alpha value is -3.65. The average Bonchev–Trinajstić information content (AvgIpc) is 3.07. The molecule has 0 saturated carbocycles. The first-order valence-electron chi connectivity index (χ1n) is 12.0. The number of amides is 1. The van der Waals surface area contributed by atoms with E-state index >= 15 is 0 Å². The van der Waals surface area contributed by atoms with Gasteiger partial charge in [0.25, 0.3) is 11.7 Å².